The Balaban J connectivity index is 2.45. The van der Waals surface area contributed by atoms with Gasteiger partial charge in [-0.2, -0.15) is 18.4 Å². The number of rotatable bonds is 4. The Hall–Kier alpha value is -3.21. The molecular weight excluding hydrogens is 347 g/mol. The van der Waals surface area contributed by atoms with Crippen molar-refractivity contribution in [2.24, 2.45) is 0 Å². The number of nitrogens with zero attached hydrogens (tertiary/aromatic N) is 3. The van der Waals surface area contributed by atoms with E-state index < -0.39 is 16.7 Å². The van der Waals surface area contributed by atoms with Gasteiger partial charge < -0.3 is 0 Å². The third-order valence-corrected chi connectivity index (χ3v) is 3.67. The second-order valence-electron chi connectivity index (χ2n) is 5.83. The van der Waals surface area contributed by atoms with Crippen LogP contribution in [0.15, 0.2) is 36.5 Å². The minimum absolute atomic E-state index is 0.00493. The number of halogens is 3. The Labute approximate surface area is 147 Å². The number of nitro groups is 1. The summed E-state index contributed by atoms with van der Waals surface area (Å²) in [6.45, 7) is 3.65. The van der Waals surface area contributed by atoms with Crippen LogP contribution in [0.2, 0.25) is 0 Å². The molecule has 1 aromatic carbocycles. The summed E-state index contributed by atoms with van der Waals surface area (Å²) in [4.78, 5) is 14.4. The van der Waals surface area contributed by atoms with E-state index in [0.29, 0.717) is 17.3 Å². The smallest absolute Gasteiger partial charge is 0.258 e. The molecule has 0 N–H and O–H groups in total. The van der Waals surface area contributed by atoms with Gasteiger partial charge >= 0.3 is 6.18 Å². The molecule has 0 aliphatic carbocycles. The monoisotopic (exact) mass is 361 g/mol. The highest BCUT2D eigenvalue weighted by Gasteiger charge is 2.30. The SMILES string of the molecule is CC(C)c1ccc(/C=C(/C#N)c2ccc(C(F)(F)F)cn2)cc1[N+](=O)[O-]. The van der Waals surface area contributed by atoms with Crippen molar-refractivity contribution < 1.29 is 18.1 Å². The predicted molar refractivity (Wildman–Crippen MR) is 89.9 cm³/mol. The van der Waals surface area contributed by atoms with E-state index in [1.54, 1.807) is 12.1 Å². The number of alkyl halides is 3. The van der Waals surface area contributed by atoms with Gasteiger partial charge in [-0.25, -0.2) is 0 Å². The van der Waals surface area contributed by atoms with Crippen LogP contribution < -0.4 is 0 Å². The van der Waals surface area contributed by atoms with E-state index in [4.69, 9.17) is 0 Å². The van der Waals surface area contributed by atoms with Crippen LogP contribution in [0.1, 0.15) is 42.1 Å². The zero-order valence-electron chi connectivity index (χ0n) is 13.9. The molecule has 0 spiro atoms. The topological polar surface area (TPSA) is 79.8 Å². The van der Waals surface area contributed by atoms with Gasteiger partial charge in [-0.15, -0.1) is 0 Å². The van der Waals surface area contributed by atoms with E-state index in [1.807, 2.05) is 19.9 Å². The van der Waals surface area contributed by atoms with Crippen LogP contribution in [0.5, 0.6) is 0 Å². The van der Waals surface area contributed by atoms with E-state index in [0.717, 1.165) is 12.1 Å². The number of aromatic nitrogens is 1. The summed E-state index contributed by atoms with van der Waals surface area (Å²) in [6, 6.07) is 8.33. The molecule has 8 heteroatoms. The van der Waals surface area contributed by atoms with Crippen molar-refractivity contribution >= 4 is 17.3 Å². The molecule has 0 atom stereocenters. The fourth-order valence-electron chi connectivity index (χ4n) is 2.35. The van der Waals surface area contributed by atoms with Gasteiger partial charge in [-0.05, 0) is 29.7 Å². The molecule has 0 amide bonds. The molecule has 1 heterocycles. The van der Waals surface area contributed by atoms with Crippen molar-refractivity contribution in [3.63, 3.8) is 0 Å². The Kier molecular flexibility index (Phi) is 5.41. The summed E-state index contributed by atoms with van der Waals surface area (Å²) >= 11 is 0. The third-order valence-electron chi connectivity index (χ3n) is 3.67. The van der Waals surface area contributed by atoms with Crippen molar-refractivity contribution in [2.75, 3.05) is 0 Å². The number of nitro benzene ring substituents is 1. The first-order valence-corrected chi connectivity index (χ1v) is 7.57. The summed E-state index contributed by atoms with van der Waals surface area (Å²) in [5, 5.41) is 20.5. The molecule has 2 rings (SSSR count). The van der Waals surface area contributed by atoms with Crippen molar-refractivity contribution in [3.05, 3.63) is 69.0 Å². The molecule has 0 saturated heterocycles. The number of hydrogen-bond donors (Lipinski definition) is 0. The molecule has 0 bridgehead atoms. The molecule has 0 unspecified atom stereocenters. The maximum Gasteiger partial charge on any atom is 0.417 e. The molecule has 5 nitrogen and oxygen atoms in total. The van der Waals surface area contributed by atoms with Gasteiger partial charge in [0.05, 0.1) is 21.8 Å². The largest absolute Gasteiger partial charge is 0.417 e. The molecule has 0 aliphatic rings. The molecule has 2 aromatic rings. The van der Waals surface area contributed by atoms with Crippen LogP contribution in [0.25, 0.3) is 11.6 Å². The van der Waals surface area contributed by atoms with Crippen LogP contribution in [0, 0.1) is 21.4 Å². The quantitative estimate of drug-likeness (QED) is 0.426. The van der Waals surface area contributed by atoms with Crippen LogP contribution in [-0.2, 0) is 6.18 Å². The predicted octanol–water partition coefficient (Wildman–Crippen LogP) is 5.20. The summed E-state index contributed by atoms with van der Waals surface area (Å²) in [6.07, 6.45) is -2.52. The summed E-state index contributed by atoms with van der Waals surface area (Å²) in [5.41, 5.74) is 0.000881. The zero-order chi connectivity index (χ0) is 19.5. The van der Waals surface area contributed by atoms with Crippen molar-refractivity contribution in [2.45, 2.75) is 25.9 Å². The Morgan fingerprint density at radius 2 is 2.00 bits per heavy atom. The first kappa shape index (κ1) is 19.1. The average Bonchev–Trinajstić information content (AvgIpc) is 2.58. The van der Waals surface area contributed by atoms with Crippen LogP contribution >= 0.6 is 0 Å². The van der Waals surface area contributed by atoms with Crippen LogP contribution in [-0.4, -0.2) is 9.91 Å². The molecule has 0 radical (unpaired) electrons. The second-order valence-corrected chi connectivity index (χ2v) is 5.83. The van der Waals surface area contributed by atoms with Gasteiger partial charge in [0, 0.05) is 17.8 Å². The normalized spacial score (nSPS) is 12.1. The van der Waals surface area contributed by atoms with Gasteiger partial charge in [-0.3, -0.25) is 15.1 Å². The number of benzene rings is 1. The minimum Gasteiger partial charge on any atom is -0.258 e. The van der Waals surface area contributed by atoms with Crippen molar-refractivity contribution in [3.8, 4) is 6.07 Å². The first-order valence-electron chi connectivity index (χ1n) is 7.57. The fourth-order valence-corrected chi connectivity index (χ4v) is 2.35. The van der Waals surface area contributed by atoms with Gasteiger partial charge in [0.1, 0.15) is 6.07 Å². The lowest BCUT2D eigenvalue weighted by molar-refractivity contribution is -0.385. The maximum absolute atomic E-state index is 12.6. The molecule has 134 valence electrons. The molecule has 0 saturated carbocycles. The highest BCUT2D eigenvalue weighted by Crippen LogP contribution is 2.30. The molecule has 26 heavy (non-hydrogen) atoms. The number of pyridine rings is 1. The standard InChI is InChI=1S/C18H14F3N3O2/c1-11(2)15-5-3-12(8-17(15)24(25)26)7-13(9-22)16-6-4-14(10-23-16)18(19,20)21/h3-8,10-11H,1-2H3/b13-7-. The highest BCUT2D eigenvalue weighted by molar-refractivity contribution is 5.88. The Morgan fingerprint density at radius 1 is 1.31 bits per heavy atom. The van der Waals surface area contributed by atoms with Crippen LogP contribution in [0.3, 0.4) is 0 Å². The summed E-state index contributed by atoms with van der Waals surface area (Å²) < 4.78 is 37.8. The molecule has 1 aromatic heterocycles. The number of hydrogen-bond acceptors (Lipinski definition) is 4. The number of allylic oxidation sites excluding steroid dienone is 1. The van der Waals surface area contributed by atoms with E-state index in [-0.39, 0.29) is 22.9 Å². The van der Waals surface area contributed by atoms with E-state index in [9.17, 15) is 28.5 Å². The highest BCUT2D eigenvalue weighted by atomic mass is 19.4. The molecule has 0 aliphatic heterocycles. The second kappa shape index (κ2) is 7.35. The molecule has 0 fully saturated rings. The Bertz CT molecular complexity index is 895. The van der Waals surface area contributed by atoms with E-state index in [1.165, 1.54) is 12.1 Å². The van der Waals surface area contributed by atoms with Crippen molar-refractivity contribution in [1.29, 1.82) is 5.26 Å². The van der Waals surface area contributed by atoms with Gasteiger partial charge in [0.25, 0.3) is 5.69 Å². The van der Waals surface area contributed by atoms with Crippen LogP contribution in [0.4, 0.5) is 18.9 Å². The maximum atomic E-state index is 12.6. The van der Waals surface area contributed by atoms with E-state index in [2.05, 4.69) is 4.98 Å². The summed E-state index contributed by atoms with van der Waals surface area (Å²) in [5.74, 6) is -0.0551. The lowest BCUT2D eigenvalue weighted by Crippen LogP contribution is -2.05. The number of nitriles is 1. The third kappa shape index (κ3) is 4.25. The van der Waals surface area contributed by atoms with Crippen molar-refractivity contribution in [1.82, 2.24) is 4.98 Å². The summed E-state index contributed by atoms with van der Waals surface area (Å²) in [7, 11) is 0. The Morgan fingerprint density at radius 3 is 2.46 bits per heavy atom. The minimum atomic E-state index is -4.52. The average molecular weight is 361 g/mol. The lowest BCUT2D eigenvalue weighted by Gasteiger charge is -2.08. The van der Waals surface area contributed by atoms with Gasteiger partial charge in [-0.1, -0.05) is 26.0 Å². The molecular formula is C18H14F3N3O2. The fraction of sp³-hybridized carbons (Fsp3) is 0.222. The lowest BCUT2D eigenvalue weighted by atomic mass is 9.98. The van der Waals surface area contributed by atoms with Gasteiger partial charge in [0.2, 0.25) is 0 Å². The zero-order valence-corrected chi connectivity index (χ0v) is 13.9. The van der Waals surface area contributed by atoms with Gasteiger partial charge in [0.15, 0.2) is 0 Å². The first-order chi connectivity index (χ1) is 12.1. The van der Waals surface area contributed by atoms with E-state index >= 15 is 0 Å².